The maximum absolute atomic E-state index is 11.0. The van der Waals surface area contributed by atoms with Gasteiger partial charge < -0.3 is 14.6 Å². The first-order chi connectivity index (χ1) is 13.7. The molecular formula is C24H27NO3. The van der Waals surface area contributed by atoms with Crippen molar-refractivity contribution in [2.24, 2.45) is 0 Å². The van der Waals surface area contributed by atoms with Crippen LogP contribution in [0.4, 0.5) is 0 Å². The first-order valence-corrected chi connectivity index (χ1v) is 9.89. The van der Waals surface area contributed by atoms with Crippen LogP contribution in [0.2, 0.25) is 0 Å². The molecule has 0 amide bonds. The molecule has 0 saturated carbocycles. The van der Waals surface area contributed by atoms with Crippen molar-refractivity contribution in [3.63, 3.8) is 0 Å². The number of ether oxygens (including phenoxy) is 2. The second-order valence-electron chi connectivity index (χ2n) is 7.33. The molecule has 1 heterocycles. The number of rotatable bonds is 5. The van der Waals surface area contributed by atoms with Gasteiger partial charge in [0.2, 0.25) is 0 Å². The van der Waals surface area contributed by atoms with Crippen LogP contribution in [0.15, 0.2) is 54.6 Å². The number of aromatic hydroxyl groups is 1. The highest BCUT2D eigenvalue weighted by Crippen LogP contribution is 2.43. The summed E-state index contributed by atoms with van der Waals surface area (Å²) in [6.07, 6.45) is 3.59. The van der Waals surface area contributed by atoms with Crippen molar-refractivity contribution in [2.75, 3.05) is 27.3 Å². The SMILES string of the molecule is COc1ccc2ccc(O)c(C(c3ccccc3OC)N3CCCCC3)c2c1. The van der Waals surface area contributed by atoms with E-state index in [9.17, 15) is 5.11 Å². The van der Waals surface area contributed by atoms with E-state index < -0.39 is 0 Å². The monoisotopic (exact) mass is 377 g/mol. The van der Waals surface area contributed by atoms with Crippen molar-refractivity contribution in [1.82, 2.24) is 4.90 Å². The van der Waals surface area contributed by atoms with Crippen molar-refractivity contribution in [3.8, 4) is 17.2 Å². The summed E-state index contributed by atoms with van der Waals surface area (Å²) in [5.74, 6) is 1.94. The van der Waals surface area contributed by atoms with Gasteiger partial charge in [-0.1, -0.05) is 36.8 Å². The zero-order valence-corrected chi connectivity index (χ0v) is 16.5. The summed E-state index contributed by atoms with van der Waals surface area (Å²) in [4.78, 5) is 2.47. The zero-order valence-electron chi connectivity index (χ0n) is 16.5. The van der Waals surface area contributed by atoms with E-state index in [-0.39, 0.29) is 6.04 Å². The number of phenols is 1. The van der Waals surface area contributed by atoms with Gasteiger partial charge in [-0.05, 0) is 61.0 Å². The van der Waals surface area contributed by atoms with E-state index in [1.165, 1.54) is 19.3 Å². The smallest absolute Gasteiger partial charge is 0.123 e. The molecule has 0 aliphatic carbocycles. The molecule has 4 nitrogen and oxygen atoms in total. The molecule has 1 saturated heterocycles. The summed E-state index contributed by atoms with van der Waals surface area (Å²) in [6, 6.07) is 17.8. The van der Waals surface area contributed by atoms with Crippen LogP contribution >= 0.6 is 0 Å². The number of phenolic OH excluding ortho intramolecular Hbond substituents is 1. The number of hydrogen-bond donors (Lipinski definition) is 1. The van der Waals surface area contributed by atoms with Crippen LogP contribution in [0.5, 0.6) is 17.2 Å². The molecule has 28 heavy (non-hydrogen) atoms. The number of hydrogen-bond acceptors (Lipinski definition) is 4. The Balaban J connectivity index is 1.97. The minimum Gasteiger partial charge on any atom is -0.508 e. The average molecular weight is 377 g/mol. The van der Waals surface area contributed by atoms with Gasteiger partial charge in [-0.15, -0.1) is 0 Å². The fourth-order valence-corrected chi connectivity index (χ4v) is 4.33. The minimum atomic E-state index is -0.0766. The van der Waals surface area contributed by atoms with Crippen molar-refractivity contribution in [2.45, 2.75) is 25.3 Å². The van der Waals surface area contributed by atoms with E-state index in [0.29, 0.717) is 5.75 Å². The third-order valence-corrected chi connectivity index (χ3v) is 5.71. The van der Waals surface area contributed by atoms with Crippen molar-refractivity contribution < 1.29 is 14.6 Å². The average Bonchev–Trinajstić information content (AvgIpc) is 2.76. The van der Waals surface area contributed by atoms with Gasteiger partial charge in [0.05, 0.1) is 20.3 Å². The number of nitrogens with zero attached hydrogens (tertiary/aromatic N) is 1. The van der Waals surface area contributed by atoms with E-state index in [1.807, 2.05) is 42.5 Å². The van der Waals surface area contributed by atoms with Gasteiger partial charge in [0.1, 0.15) is 17.2 Å². The normalized spacial score (nSPS) is 16.1. The Bertz CT molecular complexity index is 963. The van der Waals surface area contributed by atoms with Crippen LogP contribution in [0.3, 0.4) is 0 Å². The predicted molar refractivity (Wildman–Crippen MR) is 112 cm³/mol. The van der Waals surface area contributed by atoms with Crippen LogP contribution in [0, 0.1) is 0 Å². The van der Waals surface area contributed by atoms with E-state index in [0.717, 1.165) is 46.5 Å². The molecule has 1 aliphatic rings. The van der Waals surface area contributed by atoms with Crippen LogP contribution < -0.4 is 9.47 Å². The maximum atomic E-state index is 11.0. The van der Waals surface area contributed by atoms with Gasteiger partial charge in [0.15, 0.2) is 0 Å². The summed E-state index contributed by atoms with van der Waals surface area (Å²) in [6.45, 7) is 2.00. The Labute approximate surface area is 166 Å². The Morgan fingerprint density at radius 1 is 0.893 bits per heavy atom. The number of fused-ring (bicyclic) bond motifs is 1. The molecule has 3 aromatic carbocycles. The highest BCUT2D eigenvalue weighted by atomic mass is 16.5. The summed E-state index contributed by atoms with van der Waals surface area (Å²) >= 11 is 0. The van der Waals surface area contributed by atoms with Gasteiger partial charge >= 0.3 is 0 Å². The molecule has 4 rings (SSSR count). The van der Waals surface area contributed by atoms with Gasteiger partial charge in [0.25, 0.3) is 0 Å². The fourth-order valence-electron chi connectivity index (χ4n) is 4.33. The van der Waals surface area contributed by atoms with Crippen molar-refractivity contribution in [3.05, 3.63) is 65.7 Å². The van der Waals surface area contributed by atoms with Gasteiger partial charge in [0, 0.05) is 11.1 Å². The third kappa shape index (κ3) is 3.40. The molecule has 146 valence electrons. The van der Waals surface area contributed by atoms with Gasteiger partial charge in [-0.3, -0.25) is 4.90 Å². The topological polar surface area (TPSA) is 41.9 Å². The second kappa shape index (κ2) is 8.11. The van der Waals surface area contributed by atoms with E-state index in [1.54, 1.807) is 20.3 Å². The molecule has 1 aliphatic heterocycles. The molecule has 0 aromatic heterocycles. The molecule has 3 aromatic rings. The second-order valence-corrected chi connectivity index (χ2v) is 7.33. The van der Waals surface area contributed by atoms with E-state index >= 15 is 0 Å². The molecule has 0 spiro atoms. The lowest BCUT2D eigenvalue weighted by Gasteiger charge is -2.36. The predicted octanol–water partition coefficient (Wildman–Crippen LogP) is 5.14. The van der Waals surface area contributed by atoms with Gasteiger partial charge in [-0.25, -0.2) is 0 Å². The third-order valence-electron chi connectivity index (χ3n) is 5.71. The first-order valence-electron chi connectivity index (χ1n) is 9.89. The van der Waals surface area contributed by atoms with Crippen LogP contribution in [-0.4, -0.2) is 37.3 Å². The standard InChI is InChI=1S/C24H27NO3/c1-27-18-12-10-17-11-13-21(26)23(20(17)16-18)24(25-14-6-3-7-15-25)19-8-4-5-9-22(19)28-2/h4-5,8-13,16,24,26H,3,6-7,14-15H2,1-2H3. The lowest BCUT2D eigenvalue weighted by molar-refractivity contribution is 0.183. The molecule has 1 N–H and O–H groups in total. The zero-order chi connectivity index (χ0) is 19.5. The quantitative estimate of drug-likeness (QED) is 0.669. The van der Waals surface area contributed by atoms with Crippen LogP contribution in [-0.2, 0) is 0 Å². The lowest BCUT2D eigenvalue weighted by Crippen LogP contribution is -2.34. The Hall–Kier alpha value is -2.72. The van der Waals surface area contributed by atoms with Crippen molar-refractivity contribution in [1.29, 1.82) is 0 Å². The maximum Gasteiger partial charge on any atom is 0.123 e. The Morgan fingerprint density at radius 2 is 1.64 bits per heavy atom. The van der Waals surface area contributed by atoms with E-state index in [2.05, 4.69) is 11.0 Å². The van der Waals surface area contributed by atoms with Crippen LogP contribution in [0.1, 0.15) is 36.4 Å². The number of benzene rings is 3. The number of piperidine rings is 1. The number of methoxy groups -OCH3 is 2. The summed E-state index contributed by atoms with van der Waals surface area (Å²) in [7, 11) is 3.38. The summed E-state index contributed by atoms with van der Waals surface area (Å²) in [5, 5.41) is 13.1. The van der Waals surface area contributed by atoms with Crippen LogP contribution in [0.25, 0.3) is 10.8 Å². The number of likely N-dealkylation sites (tertiary alicyclic amines) is 1. The molecule has 1 atom stereocenters. The largest absolute Gasteiger partial charge is 0.508 e. The highest BCUT2D eigenvalue weighted by Gasteiger charge is 2.30. The Morgan fingerprint density at radius 3 is 2.39 bits per heavy atom. The Kier molecular flexibility index (Phi) is 5.40. The minimum absolute atomic E-state index is 0.0766. The molecule has 4 heteroatoms. The molecule has 1 unspecified atom stereocenters. The van der Waals surface area contributed by atoms with E-state index in [4.69, 9.17) is 9.47 Å². The summed E-state index contributed by atoms with van der Waals surface area (Å²) in [5.41, 5.74) is 2.00. The molecule has 0 bridgehead atoms. The summed E-state index contributed by atoms with van der Waals surface area (Å²) < 4.78 is 11.2. The molecule has 0 radical (unpaired) electrons. The highest BCUT2D eigenvalue weighted by molar-refractivity contribution is 5.90. The fraction of sp³-hybridized carbons (Fsp3) is 0.333. The lowest BCUT2D eigenvalue weighted by atomic mass is 9.89. The first kappa shape index (κ1) is 18.6. The van der Waals surface area contributed by atoms with Gasteiger partial charge in [-0.2, -0.15) is 0 Å². The molecular weight excluding hydrogens is 350 g/mol. The number of para-hydroxylation sites is 1. The van der Waals surface area contributed by atoms with Crippen molar-refractivity contribution >= 4 is 10.8 Å². The molecule has 1 fully saturated rings.